The van der Waals surface area contributed by atoms with Gasteiger partial charge in [-0.25, -0.2) is 12.8 Å². The fourth-order valence-corrected chi connectivity index (χ4v) is 4.82. The van der Waals surface area contributed by atoms with Gasteiger partial charge < -0.3 is 24.3 Å². The van der Waals surface area contributed by atoms with Crippen molar-refractivity contribution in [1.82, 2.24) is 5.32 Å². The van der Waals surface area contributed by atoms with Gasteiger partial charge in [-0.1, -0.05) is 12.1 Å². The van der Waals surface area contributed by atoms with Crippen LogP contribution < -0.4 is 28.6 Å². The number of hydrogen-bond donors (Lipinski definition) is 1. The molecule has 0 aliphatic rings. The Hall–Kier alpha value is -3.99. The minimum Gasteiger partial charge on any atom is -0.497 e. The Kier molecular flexibility index (Phi) is 8.59. The highest BCUT2D eigenvalue weighted by atomic mass is 32.2. The molecular weight excluding hydrogens is 491 g/mol. The van der Waals surface area contributed by atoms with Crippen LogP contribution >= 0.6 is 0 Å². The molecule has 0 unspecified atom stereocenters. The van der Waals surface area contributed by atoms with Crippen LogP contribution in [-0.2, 0) is 21.4 Å². The van der Waals surface area contributed by atoms with Gasteiger partial charge in [0, 0.05) is 18.7 Å². The van der Waals surface area contributed by atoms with Crippen molar-refractivity contribution in [3.8, 4) is 23.0 Å². The van der Waals surface area contributed by atoms with E-state index < -0.39 is 28.3 Å². The van der Waals surface area contributed by atoms with Crippen LogP contribution in [0.15, 0.2) is 65.6 Å². The molecule has 0 aromatic heterocycles. The number of benzene rings is 3. The number of ether oxygens (including phenoxy) is 4. The lowest BCUT2D eigenvalue weighted by Crippen LogP contribution is -2.41. The molecule has 1 N–H and O–H groups in total. The van der Waals surface area contributed by atoms with E-state index >= 15 is 0 Å². The Balaban J connectivity index is 2.01. The zero-order valence-electron chi connectivity index (χ0n) is 20.3. The molecule has 11 heteroatoms. The van der Waals surface area contributed by atoms with E-state index in [4.69, 9.17) is 18.9 Å². The van der Waals surface area contributed by atoms with E-state index in [0.717, 1.165) is 4.31 Å². The van der Waals surface area contributed by atoms with Crippen LogP contribution in [0.3, 0.4) is 0 Å². The Labute approximate surface area is 209 Å². The number of sulfonamides is 1. The molecular formula is C25H27FN2O7S. The summed E-state index contributed by atoms with van der Waals surface area (Å²) in [5.74, 6) is 0.141. The van der Waals surface area contributed by atoms with Crippen molar-refractivity contribution >= 4 is 21.6 Å². The van der Waals surface area contributed by atoms with Gasteiger partial charge in [0.2, 0.25) is 5.91 Å². The first-order valence-corrected chi connectivity index (χ1v) is 12.2. The van der Waals surface area contributed by atoms with Gasteiger partial charge in [0.15, 0.2) is 11.5 Å². The van der Waals surface area contributed by atoms with E-state index in [1.807, 2.05) is 0 Å². The van der Waals surface area contributed by atoms with Gasteiger partial charge in [-0.3, -0.25) is 9.10 Å². The minimum atomic E-state index is -4.30. The van der Waals surface area contributed by atoms with Crippen molar-refractivity contribution in [2.24, 2.45) is 0 Å². The molecule has 9 nitrogen and oxygen atoms in total. The molecule has 3 rings (SSSR count). The Morgan fingerprint density at radius 1 is 0.833 bits per heavy atom. The minimum absolute atomic E-state index is 0.0819. The summed E-state index contributed by atoms with van der Waals surface area (Å²) in [6.45, 7) is -0.486. The summed E-state index contributed by atoms with van der Waals surface area (Å²) in [7, 11) is 1.35. The summed E-state index contributed by atoms with van der Waals surface area (Å²) in [5.41, 5.74) is 0.751. The highest BCUT2D eigenvalue weighted by Crippen LogP contribution is 2.37. The normalized spacial score (nSPS) is 10.9. The van der Waals surface area contributed by atoms with Crippen LogP contribution in [0.25, 0.3) is 0 Å². The maximum atomic E-state index is 13.8. The number of halogens is 1. The Morgan fingerprint density at radius 3 is 2.08 bits per heavy atom. The molecule has 0 heterocycles. The van der Waals surface area contributed by atoms with Crippen molar-refractivity contribution in [3.05, 3.63) is 72.0 Å². The molecule has 0 spiro atoms. The van der Waals surface area contributed by atoms with Gasteiger partial charge in [0.05, 0.1) is 39.0 Å². The van der Waals surface area contributed by atoms with Crippen LogP contribution in [0.5, 0.6) is 23.0 Å². The second kappa shape index (κ2) is 11.6. The summed E-state index contributed by atoms with van der Waals surface area (Å²) >= 11 is 0. The number of carbonyl (C=O) groups excluding carboxylic acids is 1. The zero-order chi connectivity index (χ0) is 26.3. The van der Waals surface area contributed by atoms with Gasteiger partial charge in [0.25, 0.3) is 10.0 Å². The second-order valence-electron chi connectivity index (χ2n) is 7.47. The molecule has 3 aromatic rings. The van der Waals surface area contributed by atoms with E-state index in [1.165, 1.54) is 77.0 Å². The van der Waals surface area contributed by atoms with Crippen LogP contribution in [-0.4, -0.2) is 49.3 Å². The lowest BCUT2D eigenvalue weighted by atomic mass is 10.2. The molecule has 0 saturated carbocycles. The number of anilines is 1. The molecule has 36 heavy (non-hydrogen) atoms. The van der Waals surface area contributed by atoms with E-state index in [-0.39, 0.29) is 28.6 Å². The van der Waals surface area contributed by atoms with E-state index in [9.17, 15) is 17.6 Å². The van der Waals surface area contributed by atoms with Crippen LogP contribution in [0.2, 0.25) is 0 Å². The average Bonchev–Trinajstić information content (AvgIpc) is 2.90. The van der Waals surface area contributed by atoms with E-state index in [0.29, 0.717) is 17.1 Å². The van der Waals surface area contributed by atoms with Gasteiger partial charge in [0.1, 0.15) is 23.9 Å². The molecule has 192 valence electrons. The van der Waals surface area contributed by atoms with Crippen LogP contribution in [0, 0.1) is 5.82 Å². The number of nitrogens with one attached hydrogen (secondary N) is 1. The molecule has 0 atom stereocenters. The van der Waals surface area contributed by atoms with Crippen molar-refractivity contribution in [2.75, 3.05) is 39.3 Å². The monoisotopic (exact) mass is 518 g/mol. The van der Waals surface area contributed by atoms with Crippen LogP contribution in [0.1, 0.15) is 5.56 Å². The summed E-state index contributed by atoms with van der Waals surface area (Å²) in [6.07, 6.45) is 0. The topological polar surface area (TPSA) is 103 Å². The van der Waals surface area contributed by atoms with Crippen LogP contribution in [0.4, 0.5) is 10.1 Å². The fraction of sp³-hybridized carbons (Fsp3) is 0.240. The SMILES string of the molecule is COc1ccc(OC)c(N(CC(=O)NCc2ccc(F)cc2)S(=O)(=O)c2ccc(OC)c(OC)c2)c1. The van der Waals surface area contributed by atoms with Gasteiger partial charge >= 0.3 is 0 Å². The molecule has 3 aromatic carbocycles. The number of hydrogen-bond acceptors (Lipinski definition) is 7. The lowest BCUT2D eigenvalue weighted by Gasteiger charge is -2.26. The number of carbonyl (C=O) groups is 1. The molecule has 0 aliphatic carbocycles. The predicted molar refractivity (Wildman–Crippen MR) is 132 cm³/mol. The first-order chi connectivity index (χ1) is 17.2. The predicted octanol–water partition coefficient (Wildman–Crippen LogP) is 3.37. The van der Waals surface area contributed by atoms with Crippen molar-refractivity contribution in [2.45, 2.75) is 11.4 Å². The third-order valence-corrected chi connectivity index (χ3v) is 7.04. The maximum absolute atomic E-state index is 13.8. The molecule has 0 saturated heterocycles. The van der Waals surface area contributed by atoms with Crippen molar-refractivity contribution in [3.63, 3.8) is 0 Å². The van der Waals surface area contributed by atoms with Gasteiger partial charge in [-0.15, -0.1) is 0 Å². The lowest BCUT2D eigenvalue weighted by molar-refractivity contribution is -0.119. The van der Waals surface area contributed by atoms with E-state index in [1.54, 1.807) is 12.1 Å². The maximum Gasteiger partial charge on any atom is 0.265 e. The van der Waals surface area contributed by atoms with Crippen molar-refractivity contribution in [1.29, 1.82) is 0 Å². The number of methoxy groups -OCH3 is 4. The Morgan fingerprint density at radius 2 is 1.47 bits per heavy atom. The Bertz CT molecular complexity index is 1310. The summed E-state index contributed by atoms with van der Waals surface area (Å²) in [5, 5.41) is 2.66. The second-order valence-corrected chi connectivity index (χ2v) is 9.33. The number of amides is 1. The highest BCUT2D eigenvalue weighted by Gasteiger charge is 2.31. The quantitative estimate of drug-likeness (QED) is 0.415. The zero-order valence-corrected chi connectivity index (χ0v) is 21.1. The third kappa shape index (κ3) is 5.98. The summed E-state index contributed by atoms with van der Waals surface area (Å²) in [4.78, 5) is 12.8. The summed E-state index contributed by atoms with van der Waals surface area (Å²) < 4.78 is 62.9. The van der Waals surface area contributed by atoms with E-state index in [2.05, 4.69) is 5.32 Å². The van der Waals surface area contributed by atoms with Gasteiger partial charge in [-0.05, 0) is 42.0 Å². The molecule has 0 bridgehead atoms. The van der Waals surface area contributed by atoms with Crippen molar-refractivity contribution < 1.29 is 36.6 Å². The highest BCUT2D eigenvalue weighted by molar-refractivity contribution is 7.92. The number of nitrogens with zero attached hydrogens (tertiary/aromatic N) is 1. The first kappa shape index (κ1) is 26.6. The smallest absolute Gasteiger partial charge is 0.265 e. The third-order valence-electron chi connectivity index (χ3n) is 5.29. The standard InChI is InChI=1S/C25H27FN2O7S/c1-32-19-9-11-22(33-2)21(13-19)28(16-25(29)27-15-17-5-7-18(26)8-6-17)36(30,31)20-10-12-23(34-3)24(14-20)35-4/h5-14H,15-16H2,1-4H3,(H,27,29). The summed E-state index contributed by atoms with van der Waals surface area (Å²) in [6, 6.07) is 14.3. The first-order valence-electron chi connectivity index (χ1n) is 10.7. The molecule has 0 aliphatic heterocycles. The number of rotatable bonds is 11. The van der Waals surface area contributed by atoms with Gasteiger partial charge in [-0.2, -0.15) is 0 Å². The molecule has 1 amide bonds. The molecule has 0 radical (unpaired) electrons. The largest absolute Gasteiger partial charge is 0.497 e. The average molecular weight is 519 g/mol. The fourth-order valence-electron chi connectivity index (χ4n) is 3.38. The molecule has 0 fully saturated rings.